The van der Waals surface area contributed by atoms with Crippen molar-refractivity contribution in [3.8, 4) is 5.75 Å². The molecule has 2 aliphatic rings. The van der Waals surface area contributed by atoms with Crippen LogP contribution in [-0.4, -0.2) is 111 Å². The van der Waals surface area contributed by atoms with Crippen LogP contribution in [0.4, 0.5) is 0 Å². The zero-order valence-electron chi connectivity index (χ0n) is 54.5. The molecule has 11 atom stereocenters. The van der Waals surface area contributed by atoms with Crippen molar-refractivity contribution in [3.63, 3.8) is 0 Å². The molecule has 2 fully saturated rings. The molecule has 0 bridgehead atoms. The van der Waals surface area contributed by atoms with Gasteiger partial charge in [0.1, 0.15) is 72.8 Å². The number of ether oxygens (including phenoxy) is 11. The van der Waals surface area contributed by atoms with Gasteiger partial charge < -0.3 is 62.3 Å². The third kappa shape index (κ3) is 20.0. The Bertz CT molecular complexity index is 3660. The number of methoxy groups -OCH3 is 1. The van der Waals surface area contributed by atoms with Crippen LogP contribution in [0.2, 0.25) is 0 Å². The van der Waals surface area contributed by atoms with E-state index in [2.05, 4.69) is 5.32 Å². The van der Waals surface area contributed by atoms with Crippen LogP contribution in [0.15, 0.2) is 267 Å². The van der Waals surface area contributed by atoms with Gasteiger partial charge in [0, 0.05) is 20.0 Å². The second-order valence-electron chi connectivity index (χ2n) is 24.1. The number of carbonyl (C=O) groups is 2. The molecular weight excluding hydrogens is 1210 g/mol. The summed E-state index contributed by atoms with van der Waals surface area (Å²) in [6, 6.07) is 85.3. The van der Waals surface area contributed by atoms with E-state index in [-0.39, 0.29) is 72.6 Å². The number of hydrogen-bond acceptors (Lipinski definition) is 13. The zero-order chi connectivity index (χ0) is 65.9. The van der Waals surface area contributed by atoms with Crippen molar-refractivity contribution in [1.29, 1.82) is 0 Å². The lowest BCUT2D eigenvalue weighted by atomic mass is 9.88. The molecule has 0 saturated carbocycles. The normalized spacial score (nSPS) is 21.2. The number of benzene rings is 9. The van der Waals surface area contributed by atoms with Crippen molar-refractivity contribution >= 4 is 11.8 Å². The van der Waals surface area contributed by atoms with Crippen LogP contribution in [0.3, 0.4) is 0 Å². The summed E-state index contributed by atoms with van der Waals surface area (Å²) in [5.41, 5.74) is 8.18. The molecule has 9 aromatic rings. The SMILES string of the molecule is COc1ccc(CN(C(C)=O)C(C(=O)NC[C@@H]2O[C@H](COCc3ccccc3)[C@@H](OCc3ccccc3)[C@H](OCc3ccccc3)[C@H]2OCc2ccccc2)[C@@H]2O[C@H](COCc3ccccc3)[C@@H](OCc3ccccc3)[C@H](OCc3ccccc3)[C@H]2OCc2ccccc2)cc1. The van der Waals surface area contributed by atoms with Gasteiger partial charge in [-0.2, -0.15) is 0 Å². The van der Waals surface area contributed by atoms with Crippen molar-refractivity contribution in [2.24, 2.45) is 0 Å². The molecule has 9 aromatic carbocycles. The molecule has 2 amide bonds. The minimum absolute atomic E-state index is 0.0102. The number of nitrogens with zero attached hydrogens (tertiary/aromatic N) is 1. The number of hydrogen-bond donors (Lipinski definition) is 1. The fourth-order valence-corrected chi connectivity index (χ4v) is 12.2. The second kappa shape index (κ2) is 36.4. The van der Waals surface area contributed by atoms with Crippen molar-refractivity contribution in [2.75, 3.05) is 26.9 Å². The molecule has 0 radical (unpaired) electrons. The summed E-state index contributed by atoms with van der Waals surface area (Å²) in [4.78, 5) is 33.1. The third-order valence-electron chi connectivity index (χ3n) is 17.2. The maximum Gasteiger partial charge on any atom is 0.245 e. The first-order valence-corrected chi connectivity index (χ1v) is 33.0. The minimum Gasteiger partial charge on any atom is -0.497 e. The summed E-state index contributed by atoms with van der Waals surface area (Å²) < 4.78 is 76.5. The van der Waals surface area contributed by atoms with Gasteiger partial charge in [0.25, 0.3) is 0 Å². The van der Waals surface area contributed by atoms with Crippen LogP contribution in [0.5, 0.6) is 5.75 Å². The van der Waals surface area contributed by atoms with Crippen molar-refractivity contribution in [1.82, 2.24) is 10.2 Å². The molecule has 1 unspecified atom stereocenters. The lowest BCUT2D eigenvalue weighted by Crippen LogP contribution is -2.69. The summed E-state index contributed by atoms with van der Waals surface area (Å²) in [6.45, 7) is 3.03. The molecule has 2 aliphatic heterocycles. The van der Waals surface area contributed by atoms with E-state index < -0.39 is 78.9 Å². The molecule has 498 valence electrons. The van der Waals surface area contributed by atoms with Gasteiger partial charge in [0.05, 0.1) is 73.2 Å². The lowest BCUT2D eigenvalue weighted by Gasteiger charge is -2.50. The van der Waals surface area contributed by atoms with Crippen molar-refractivity contribution in [3.05, 3.63) is 317 Å². The standard InChI is InChI=1S/C81H86N2O13/c1-59(84)83(48-60-43-45-69(86-2)46-44-60)73(77-80(94-56-68-41-25-10-26-42-68)79(93-55-67-39-23-9-24-40-67)76(91-53-65-35-19-7-20-36-65)72(96-77)58-88-50-62-29-13-4-14-30-62)81(85)82-47-70-74(89-51-63-31-15-5-16-32-63)78(92-54-66-37-21-8-22-38-66)75(90-52-64-33-17-6-18-34-64)71(95-70)57-87-49-61-27-11-3-12-28-61/h3-46,70-80H,47-58H2,1-2H3,(H,82,85)/t70-,71+,72+,73?,74-,75+,76+,77-,78+,79-,80-/m0/s1. The van der Waals surface area contributed by atoms with Crippen LogP contribution in [0.25, 0.3) is 0 Å². The fraction of sp³-hybridized carbons (Fsp3) is 0.309. The Morgan fingerprint density at radius 2 is 0.667 bits per heavy atom. The topological polar surface area (TPSA) is 151 Å². The molecule has 2 heterocycles. The van der Waals surface area contributed by atoms with Gasteiger partial charge >= 0.3 is 0 Å². The number of amides is 2. The van der Waals surface area contributed by atoms with Gasteiger partial charge in [0.15, 0.2) is 0 Å². The molecule has 1 N–H and O–H groups in total. The van der Waals surface area contributed by atoms with Gasteiger partial charge in [0.2, 0.25) is 11.8 Å². The van der Waals surface area contributed by atoms with Crippen LogP contribution >= 0.6 is 0 Å². The van der Waals surface area contributed by atoms with Gasteiger partial charge in [-0.15, -0.1) is 0 Å². The smallest absolute Gasteiger partial charge is 0.245 e. The number of carbonyl (C=O) groups excluding carboxylic acids is 2. The van der Waals surface area contributed by atoms with E-state index in [9.17, 15) is 4.79 Å². The highest BCUT2D eigenvalue weighted by Gasteiger charge is 2.55. The second-order valence-corrected chi connectivity index (χ2v) is 24.1. The Kier molecular flexibility index (Phi) is 26.1. The molecule has 2 saturated heterocycles. The van der Waals surface area contributed by atoms with Gasteiger partial charge in [-0.05, 0) is 62.2 Å². The van der Waals surface area contributed by atoms with E-state index in [4.69, 9.17) is 52.1 Å². The Morgan fingerprint density at radius 1 is 0.365 bits per heavy atom. The Morgan fingerprint density at radius 3 is 1.01 bits per heavy atom. The molecule has 96 heavy (non-hydrogen) atoms. The van der Waals surface area contributed by atoms with Gasteiger partial charge in [-0.1, -0.05) is 255 Å². The average molecular weight is 1300 g/mol. The highest BCUT2D eigenvalue weighted by atomic mass is 16.6. The molecule has 11 rings (SSSR count). The Labute approximate surface area is 564 Å². The Balaban J connectivity index is 1.01. The highest BCUT2D eigenvalue weighted by Crippen LogP contribution is 2.36. The van der Waals surface area contributed by atoms with Crippen LogP contribution in [0, 0.1) is 0 Å². The summed E-state index contributed by atoms with van der Waals surface area (Å²) in [7, 11) is 1.60. The zero-order valence-corrected chi connectivity index (χ0v) is 54.5. The predicted molar refractivity (Wildman–Crippen MR) is 366 cm³/mol. The molecule has 0 aliphatic carbocycles. The van der Waals surface area contributed by atoms with Gasteiger partial charge in [-0.25, -0.2) is 0 Å². The van der Waals surface area contributed by atoms with E-state index in [1.165, 1.54) is 6.92 Å². The van der Waals surface area contributed by atoms with Crippen LogP contribution in [0.1, 0.15) is 57.0 Å². The molecule has 0 spiro atoms. The first-order chi connectivity index (χ1) is 47.3. The van der Waals surface area contributed by atoms with E-state index in [0.717, 1.165) is 50.1 Å². The van der Waals surface area contributed by atoms with E-state index >= 15 is 4.79 Å². The summed E-state index contributed by atoms with van der Waals surface area (Å²) >= 11 is 0. The minimum atomic E-state index is -1.41. The molecular formula is C81H86N2O13. The Hall–Kier alpha value is -8.68. The predicted octanol–water partition coefficient (Wildman–Crippen LogP) is 13.0. The van der Waals surface area contributed by atoms with Gasteiger partial charge in [-0.3, -0.25) is 9.59 Å². The van der Waals surface area contributed by atoms with Crippen LogP contribution in [-0.2, 0) is 116 Å². The molecule has 0 aromatic heterocycles. The van der Waals surface area contributed by atoms with E-state index in [0.29, 0.717) is 12.4 Å². The highest BCUT2D eigenvalue weighted by molar-refractivity contribution is 5.87. The molecule has 15 nitrogen and oxygen atoms in total. The fourth-order valence-electron chi connectivity index (χ4n) is 12.2. The number of rotatable bonds is 34. The lowest BCUT2D eigenvalue weighted by molar-refractivity contribution is -0.280. The maximum atomic E-state index is 16.6. The monoisotopic (exact) mass is 1290 g/mol. The third-order valence-corrected chi connectivity index (χ3v) is 17.2. The van der Waals surface area contributed by atoms with E-state index in [1.54, 1.807) is 12.0 Å². The summed E-state index contributed by atoms with van der Waals surface area (Å²) in [5.74, 6) is -0.332. The molecule has 15 heteroatoms. The average Bonchev–Trinajstić information content (AvgIpc) is 0.775. The quantitative estimate of drug-likeness (QED) is 0.0408. The largest absolute Gasteiger partial charge is 0.497 e. The first kappa shape index (κ1) is 68.7. The maximum absolute atomic E-state index is 16.6. The number of nitrogens with one attached hydrogen (secondary N) is 1. The summed E-state index contributed by atoms with van der Waals surface area (Å²) in [6.07, 6.45) is -9.04. The van der Waals surface area contributed by atoms with E-state index in [1.807, 2.05) is 267 Å². The first-order valence-electron chi connectivity index (χ1n) is 33.0. The van der Waals surface area contributed by atoms with Crippen molar-refractivity contribution < 1.29 is 61.7 Å². The van der Waals surface area contributed by atoms with Crippen molar-refractivity contribution in [2.45, 2.75) is 133 Å². The van der Waals surface area contributed by atoms with Crippen LogP contribution < -0.4 is 10.1 Å². The summed E-state index contributed by atoms with van der Waals surface area (Å²) in [5, 5.41) is 3.36.